The molecule has 8 nitrogen and oxygen atoms in total. The number of hydrogen-bond acceptors (Lipinski definition) is 6. The number of nitrogens with zero attached hydrogens (tertiary/aromatic N) is 2. The number of carbonyl (C=O) groups excluding carboxylic acids is 2. The molecule has 1 aromatic carbocycles. The summed E-state index contributed by atoms with van der Waals surface area (Å²) in [4.78, 5) is 23.5. The smallest absolute Gasteiger partial charge is 0.389 e. The molecule has 0 spiro atoms. The highest BCUT2D eigenvalue weighted by molar-refractivity contribution is 6.30. The molecule has 1 amide bonds. The van der Waals surface area contributed by atoms with E-state index >= 15 is 0 Å². The summed E-state index contributed by atoms with van der Waals surface area (Å²) >= 11 is 5.72. The van der Waals surface area contributed by atoms with Gasteiger partial charge in [0.2, 0.25) is 5.69 Å². The standard InChI is InChI=1S/C13H12ClN3O5/c1-8-11(16-22-17(8)20)13(19)21-7-6-15-12(18)9-2-4-10(14)5-3-9/h2-5H,6-7H2,1H3,(H,15,18). The fourth-order valence-electron chi connectivity index (χ4n) is 1.56. The van der Waals surface area contributed by atoms with Crippen molar-refractivity contribution in [2.45, 2.75) is 6.92 Å². The zero-order valence-corrected chi connectivity index (χ0v) is 12.3. The first-order valence-corrected chi connectivity index (χ1v) is 6.64. The van der Waals surface area contributed by atoms with Crippen LogP contribution in [0.4, 0.5) is 0 Å². The molecule has 0 saturated carbocycles. The summed E-state index contributed by atoms with van der Waals surface area (Å²) in [5, 5.41) is 17.4. The van der Waals surface area contributed by atoms with Gasteiger partial charge in [-0.05, 0) is 29.2 Å². The molecular formula is C13H12ClN3O5. The number of ether oxygens (including phenoxy) is 1. The molecule has 0 aliphatic rings. The van der Waals surface area contributed by atoms with Crippen LogP contribution in [-0.4, -0.2) is 30.2 Å². The van der Waals surface area contributed by atoms with Gasteiger partial charge in [0.05, 0.1) is 11.7 Å². The van der Waals surface area contributed by atoms with Crippen molar-refractivity contribution in [3.63, 3.8) is 0 Å². The van der Waals surface area contributed by atoms with Gasteiger partial charge in [-0.25, -0.2) is 4.79 Å². The highest BCUT2D eigenvalue weighted by atomic mass is 35.5. The second kappa shape index (κ2) is 6.90. The number of nitrogens with one attached hydrogen (secondary N) is 1. The summed E-state index contributed by atoms with van der Waals surface area (Å²) in [6, 6.07) is 6.36. The largest absolute Gasteiger partial charge is 0.457 e. The second-order valence-electron chi connectivity index (χ2n) is 4.26. The first kappa shape index (κ1) is 15.8. The lowest BCUT2D eigenvalue weighted by molar-refractivity contribution is -0.806. The maximum Gasteiger partial charge on any atom is 0.389 e. The van der Waals surface area contributed by atoms with Crippen LogP contribution >= 0.6 is 11.6 Å². The molecule has 0 atom stereocenters. The predicted octanol–water partition coefficient (Wildman–Crippen LogP) is 0.857. The number of amides is 1. The first-order valence-electron chi connectivity index (χ1n) is 6.26. The maximum absolute atomic E-state index is 11.8. The Balaban J connectivity index is 1.77. The van der Waals surface area contributed by atoms with E-state index in [1.807, 2.05) is 0 Å². The quantitative estimate of drug-likeness (QED) is 0.496. The Morgan fingerprint density at radius 1 is 1.41 bits per heavy atom. The predicted molar refractivity (Wildman–Crippen MR) is 74.3 cm³/mol. The average molecular weight is 326 g/mol. The molecule has 2 aromatic rings. The summed E-state index contributed by atoms with van der Waals surface area (Å²) in [5.41, 5.74) is 0.254. The minimum absolute atomic E-state index is 0.00944. The summed E-state index contributed by atoms with van der Waals surface area (Å²) < 4.78 is 9.14. The van der Waals surface area contributed by atoms with Crippen molar-refractivity contribution in [3.8, 4) is 0 Å². The van der Waals surface area contributed by atoms with Gasteiger partial charge in [0.25, 0.3) is 5.91 Å². The normalized spacial score (nSPS) is 10.3. The van der Waals surface area contributed by atoms with Gasteiger partial charge >= 0.3 is 11.7 Å². The molecule has 0 fully saturated rings. The van der Waals surface area contributed by atoms with Gasteiger partial charge in [0.1, 0.15) is 6.61 Å². The van der Waals surface area contributed by atoms with Crippen LogP contribution in [0, 0.1) is 12.1 Å². The Kier molecular flexibility index (Phi) is 4.95. The van der Waals surface area contributed by atoms with E-state index in [1.54, 1.807) is 24.3 Å². The van der Waals surface area contributed by atoms with E-state index in [0.29, 0.717) is 10.6 Å². The Bertz CT molecular complexity index is 683. The zero-order valence-electron chi connectivity index (χ0n) is 11.5. The molecule has 2 rings (SSSR count). The third-order valence-electron chi connectivity index (χ3n) is 2.74. The summed E-state index contributed by atoms with van der Waals surface area (Å²) in [6.45, 7) is 1.42. The van der Waals surface area contributed by atoms with Gasteiger partial charge in [0, 0.05) is 17.5 Å². The molecule has 0 radical (unpaired) electrons. The number of benzene rings is 1. The zero-order chi connectivity index (χ0) is 16.1. The Morgan fingerprint density at radius 3 is 2.68 bits per heavy atom. The molecule has 0 saturated heterocycles. The molecule has 1 aromatic heterocycles. The minimum atomic E-state index is -0.795. The molecule has 1 heterocycles. The van der Waals surface area contributed by atoms with Gasteiger partial charge in [-0.2, -0.15) is 0 Å². The summed E-state index contributed by atoms with van der Waals surface area (Å²) in [6.07, 6.45) is 0. The summed E-state index contributed by atoms with van der Waals surface area (Å²) in [5.74, 6) is -1.11. The van der Waals surface area contributed by atoms with Crippen molar-refractivity contribution in [3.05, 3.63) is 51.4 Å². The van der Waals surface area contributed by atoms with Crippen LogP contribution < -0.4 is 10.2 Å². The van der Waals surface area contributed by atoms with Crippen LogP contribution in [0.3, 0.4) is 0 Å². The number of hydrogen-bond donors (Lipinski definition) is 1. The molecule has 116 valence electrons. The summed E-state index contributed by atoms with van der Waals surface area (Å²) in [7, 11) is 0. The fourth-order valence-corrected chi connectivity index (χ4v) is 1.68. The lowest BCUT2D eigenvalue weighted by Gasteiger charge is -2.05. The lowest BCUT2D eigenvalue weighted by Crippen LogP contribution is -2.29. The van der Waals surface area contributed by atoms with Crippen LogP contribution in [0.25, 0.3) is 0 Å². The topological polar surface area (TPSA) is 108 Å². The Hall–Kier alpha value is -2.61. The van der Waals surface area contributed by atoms with E-state index in [9.17, 15) is 14.8 Å². The number of rotatable bonds is 5. The average Bonchev–Trinajstić information content (AvgIpc) is 2.84. The van der Waals surface area contributed by atoms with Crippen molar-refractivity contribution < 1.29 is 23.9 Å². The number of carbonyl (C=O) groups is 2. The van der Waals surface area contributed by atoms with Crippen LogP contribution in [0.1, 0.15) is 26.5 Å². The second-order valence-corrected chi connectivity index (χ2v) is 4.70. The molecule has 9 heteroatoms. The molecular weight excluding hydrogens is 314 g/mol. The maximum atomic E-state index is 11.8. The van der Waals surface area contributed by atoms with Gasteiger partial charge in [-0.3, -0.25) is 9.42 Å². The third-order valence-corrected chi connectivity index (χ3v) is 3.00. The van der Waals surface area contributed by atoms with Gasteiger partial charge < -0.3 is 15.3 Å². The Labute approximate surface area is 130 Å². The molecule has 22 heavy (non-hydrogen) atoms. The van der Waals surface area contributed by atoms with Gasteiger partial charge in [-0.15, -0.1) is 0 Å². The molecule has 0 aliphatic carbocycles. The van der Waals surface area contributed by atoms with Crippen LogP contribution in [0.5, 0.6) is 0 Å². The van der Waals surface area contributed by atoms with Crippen molar-refractivity contribution in [1.82, 2.24) is 10.5 Å². The highest BCUT2D eigenvalue weighted by Gasteiger charge is 2.24. The van der Waals surface area contributed by atoms with E-state index in [-0.39, 0.29) is 35.3 Å². The number of esters is 1. The van der Waals surface area contributed by atoms with Crippen LogP contribution in [0.15, 0.2) is 28.9 Å². The van der Waals surface area contributed by atoms with Crippen molar-refractivity contribution >= 4 is 23.5 Å². The highest BCUT2D eigenvalue weighted by Crippen LogP contribution is 2.09. The van der Waals surface area contributed by atoms with E-state index in [4.69, 9.17) is 16.3 Å². The monoisotopic (exact) mass is 325 g/mol. The molecule has 0 bridgehead atoms. The van der Waals surface area contributed by atoms with Crippen molar-refractivity contribution in [2.24, 2.45) is 0 Å². The fraction of sp³-hybridized carbons (Fsp3) is 0.231. The number of aromatic nitrogens is 2. The van der Waals surface area contributed by atoms with E-state index in [2.05, 4.69) is 15.1 Å². The molecule has 0 unspecified atom stereocenters. The molecule has 1 N–H and O–H groups in total. The minimum Gasteiger partial charge on any atom is -0.457 e. The number of halogens is 1. The third kappa shape index (κ3) is 3.73. The van der Waals surface area contributed by atoms with Gasteiger partial charge in [0.15, 0.2) is 0 Å². The van der Waals surface area contributed by atoms with Crippen molar-refractivity contribution in [1.29, 1.82) is 0 Å². The van der Waals surface area contributed by atoms with Crippen LogP contribution in [-0.2, 0) is 4.74 Å². The van der Waals surface area contributed by atoms with E-state index < -0.39 is 5.97 Å². The SMILES string of the molecule is Cc1c(C(=O)OCCNC(=O)c2ccc(Cl)cc2)no[n+]1[O-]. The van der Waals surface area contributed by atoms with Crippen molar-refractivity contribution in [2.75, 3.05) is 13.2 Å². The lowest BCUT2D eigenvalue weighted by atomic mass is 10.2. The Morgan fingerprint density at radius 2 is 2.09 bits per heavy atom. The van der Waals surface area contributed by atoms with Crippen LogP contribution in [0.2, 0.25) is 5.02 Å². The molecule has 0 aliphatic heterocycles. The van der Waals surface area contributed by atoms with E-state index in [0.717, 1.165) is 0 Å². The van der Waals surface area contributed by atoms with E-state index in [1.165, 1.54) is 6.92 Å². The first-order chi connectivity index (χ1) is 10.5. The van der Waals surface area contributed by atoms with Gasteiger partial charge in [-0.1, -0.05) is 11.6 Å².